The first kappa shape index (κ1) is 22.8. The SMILES string of the molecule is CC(C)(C)OC(=O)C(CN)CC1(C(=O)NC2(CO)Cc3ccccc3C2)CCCC1. The molecule has 0 heterocycles. The lowest BCUT2D eigenvalue weighted by molar-refractivity contribution is -0.161. The number of nitrogens with two attached hydrogens (primary N) is 1. The Hall–Kier alpha value is -1.92. The number of ether oxygens (including phenoxy) is 1. The van der Waals surface area contributed by atoms with E-state index in [1.807, 2.05) is 32.9 Å². The molecule has 2 aliphatic rings. The van der Waals surface area contributed by atoms with Gasteiger partial charge in [-0.15, -0.1) is 0 Å². The largest absolute Gasteiger partial charge is 0.460 e. The smallest absolute Gasteiger partial charge is 0.310 e. The molecule has 0 spiro atoms. The fourth-order valence-corrected chi connectivity index (χ4v) is 5.00. The van der Waals surface area contributed by atoms with E-state index in [0.717, 1.165) is 25.7 Å². The predicted octanol–water partition coefficient (Wildman–Crippen LogP) is 2.50. The zero-order valence-corrected chi connectivity index (χ0v) is 18.5. The second-order valence-corrected chi connectivity index (χ2v) is 10.2. The summed E-state index contributed by atoms with van der Waals surface area (Å²) in [4.78, 5) is 26.3. The second kappa shape index (κ2) is 8.67. The molecule has 0 radical (unpaired) electrons. The summed E-state index contributed by atoms with van der Waals surface area (Å²) in [5.41, 5.74) is 6.35. The number of esters is 1. The van der Waals surface area contributed by atoms with Gasteiger partial charge in [0.15, 0.2) is 0 Å². The average Bonchev–Trinajstić information content (AvgIpc) is 3.30. The number of hydrogen-bond donors (Lipinski definition) is 3. The van der Waals surface area contributed by atoms with Crippen molar-refractivity contribution >= 4 is 11.9 Å². The number of carbonyl (C=O) groups is 2. The summed E-state index contributed by atoms with van der Waals surface area (Å²) in [7, 11) is 0. The Morgan fingerprint density at radius 1 is 1.17 bits per heavy atom. The molecule has 1 saturated carbocycles. The van der Waals surface area contributed by atoms with E-state index in [4.69, 9.17) is 10.5 Å². The van der Waals surface area contributed by atoms with Crippen molar-refractivity contribution in [3.05, 3.63) is 35.4 Å². The van der Waals surface area contributed by atoms with Crippen LogP contribution in [0, 0.1) is 11.3 Å². The molecule has 0 saturated heterocycles. The fraction of sp³-hybridized carbons (Fsp3) is 0.667. The Kier molecular flexibility index (Phi) is 6.58. The lowest BCUT2D eigenvalue weighted by Gasteiger charge is -2.36. The summed E-state index contributed by atoms with van der Waals surface area (Å²) >= 11 is 0. The summed E-state index contributed by atoms with van der Waals surface area (Å²) < 4.78 is 5.55. The van der Waals surface area contributed by atoms with Gasteiger partial charge >= 0.3 is 5.97 Å². The number of nitrogens with one attached hydrogen (secondary N) is 1. The van der Waals surface area contributed by atoms with Gasteiger partial charge in [-0.05, 0) is 64.0 Å². The van der Waals surface area contributed by atoms with Gasteiger partial charge in [0, 0.05) is 6.54 Å². The van der Waals surface area contributed by atoms with Crippen molar-refractivity contribution in [2.45, 2.75) is 76.9 Å². The maximum atomic E-state index is 13.6. The summed E-state index contributed by atoms with van der Waals surface area (Å²) in [6.45, 7) is 5.54. The normalized spacial score (nSPS) is 20.4. The van der Waals surface area contributed by atoms with E-state index in [-0.39, 0.29) is 25.0 Å². The predicted molar refractivity (Wildman–Crippen MR) is 116 cm³/mol. The summed E-state index contributed by atoms with van der Waals surface area (Å²) in [5, 5.41) is 13.4. The monoisotopic (exact) mass is 416 g/mol. The van der Waals surface area contributed by atoms with Crippen LogP contribution < -0.4 is 11.1 Å². The lowest BCUT2D eigenvalue weighted by Crippen LogP contribution is -2.56. The van der Waals surface area contributed by atoms with Gasteiger partial charge < -0.3 is 20.9 Å². The van der Waals surface area contributed by atoms with Gasteiger partial charge in [0.25, 0.3) is 0 Å². The van der Waals surface area contributed by atoms with Gasteiger partial charge in [0.2, 0.25) is 5.91 Å². The molecular weight excluding hydrogens is 380 g/mol. The highest BCUT2D eigenvalue weighted by atomic mass is 16.6. The highest BCUT2D eigenvalue weighted by Gasteiger charge is 2.48. The van der Waals surface area contributed by atoms with Gasteiger partial charge in [-0.2, -0.15) is 0 Å². The van der Waals surface area contributed by atoms with Crippen molar-refractivity contribution in [2.24, 2.45) is 17.1 Å². The third-order valence-electron chi connectivity index (χ3n) is 6.56. The van der Waals surface area contributed by atoms with E-state index in [0.29, 0.717) is 19.3 Å². The standard InChI is InChI=1S/C24H36N2O4/c1-22(2,3)30-20(28)19(15-25)12-23(10-6-7-11-23)21(29)26-24(16-27)13-17-8-4-5-9-18(17)14-24/h4-5,8-9,19,27H,6-7,10-16,25H2,1-3H3,(H,26,29). The molecule has 0 aliphatic heterocycles. The quantitative estimate of drug-likeness (QED) is 0.593. The molecule has 0 bridgehead atoms. The third-order valence-corrected chi connectivity index (χ3v) is 6.56. The number of amides is 1. The van der Waals surface area contributed by atoms with E-state index in [2.05, 4.69) is 17.4 Å². The first-order chi connectivity index (χ1) is 14.1. The number of fused-ring (bicyclic) bond motifs is 1. The van der Waals surface area contributed by atoms with Gasteiger partial charge in [-0.3, -0.25) is 9.59 Å². The molecule has 1 aromatic rings. The molecular formula is C24H36N2O4. The number of rotatable bonds is 7. The van der Waals surface area contributed by atoms with Crippen LogP contribution in [0.1, 0.15) is 64.0 Å². The van der Waals surface area contributed by atoms with Crippen molar-refractivity contribution in [1.82, 2.24) is 5.32 Å². The average molecular weight is 417 g/mol. The zero-order valence-electron chi connectivity index (χ0n) is 18.5. The van der Waals surface area contributed by atoms with Crippen LogP contribution in [0.25, 0.3) is 0 Å². The lowest BCUT2D eigenvalue weighted by atomic mass is 9.76. The van der Waals surface area contributed by atoms with Crippen LogP contribution in [-0.2, 0) is 27.2 Å². The van der Waals surface area contributed by atoms with Crippen LogP contribution in [0.5, 0.6) is 0 Å². The van der Waals surface area contributed by atoms with E-state index < -0.39 is 22.5 Å². The molecule has 4 N–H and O–H groups in total. The Bertz CT molecular complexity index is 753. The number of aliphatic hydroxyl groups excluding tert-OH is 1. The Morgan fingerprint density at radius 2 is 1.73 bits per heavy atom. The maximum absolute atomic E-state index is 13.6. The van der Waals surface area contributed by atoms with Crippen molar-refractivity contribution in [3.8, 4) is 0 Å². The van der Waals surface area contributed by atoms with Crippen molar-refractivity contribution in [3.63, 3.8) is 0 Å². The first-order valence-corrected chi connectivity index (χ1v) is 11.1. The van der Waals surface area contributed by atoms with E-state index in [9.17, 15) is 14.7 Å². The van der Waals surface area contributed by atoms with E-state index in [1.165, 1.54) is 11.1 Å². The number of aliphatic hydroxyl groups is 1. The van der Waals surface area contributed by atoms with Crippen LogP contribution in [0.4, 0.5) is 0 Å². The van der Waals surface area contributed by atoms with Gasteiger partial charge in [0.1, 0.15) is 5.60 Å². The summed E-state index contributed by atoms with van der Waals surface area (Å²) in [6, 6.07) is 8.08. The minimum Gasteiger partial charge on any atom is -0.460 e. The molecule has 2 aliphatic carbocycles. The van der Waals surface area contributed by atoms with Gasteiger partial charge in [0.05, 0.1) is 23.5 Å². The van der Waals surface area contributed by atoms with Gasteiger partial charge in [-0.25, -0.2) is 0 Å². The van der Waals surface area contributed by atoms with E-state index in [1.54, 1.807) is 0 Å². The van der Waals surface area contributed by atoms with E-state index >= 15 is 0 Å². The molecule has 0 aromatic heterocycles. The van der Waals surface area contributed by atoms with Crippen LogP contribution >= 0.6 is 0 Å². The van der Waals surface area contributed by atoms with Crippen LogP contribution in [0.3, 0.4) is 0 Å². The molecule has 1 atom stereocenters. The Morgan fingerprint density at radius 3 is 2.20 bits per heavy atom. The maximum Gasteiger partial charge on any atom is 0.310 e. The molecule has 6 nitrogen and oxygen atoms in total. The van der Waals surface area contributed by atoms with Crippen molar-refractivity contribution < 1.29 is 19.4 Å². The highest BCUT2D eigenvalue weighted by molar-refractivity contribution is 5.85. The summed E-state index contributed by atoms with van der Waals surface area (Å²) in [6.07, 6.45) is 4.98. The number of benzene rings is 1. The Balaban J connectivity index is 1.76. The molecule has 6 heteroatoms. The molecule has 166 valence electrons. The number of hydrogen-bond acceptors (Lipinski definition) is 5. The summed E-state index contributed by atoms with van der Waals surface area (Å²) in [5.74, 6) is -0.919. The molecule has 1 aromatic carbocycles. The molecule has 1 fully saturated rings. The minimum absolute atomic E-state index is 0.0659. The zero-order chi connectivity index (χ0) is 22.0. The molecule has 30 heavy (non-hydrogen) atoms. The molecule has 3 rings (SSSR count). The first-order valence-electron chi connectivity index (χ1n) is 11.1. The minimum atomic E-state index is -0.680. The topological polar surface area (TPSA) is 102 Å². The third kappa shape index (κ3) is 4.86. The second-order valence-electron chi connectivity index (χ2n) is 10.2. The highest BCUT2D eigenvalue weighted by Crippen LogP contribution is 2.44. The number of carbonyl (C=O) groups excluding carboxylic acids is 2. The van der Waals surface area contributed by atoms with Crippen LogP contribution in [-0.4, -0.2) is 41.3 Å². The van der Waals surface area contributed by atoms with Crippen LogP contribution in [0.2, 0.25) is 0 Å². The molecule has 1 unspecified atom stereocenters. The Labute approximate surface area is 179 Å². The van der Waals surface area contributed by atoms with Crippen molar-refractivity contribution in [2.75, 3.05) is 13.2 Å². The van der Waals surface area contributed by atoms with Crippen LogP contribution in [0.15, 0.2) is 24.3 Å². The molecule has 1 amide bonds. The fourth-order valence-electron chi connectivity index (χ4n) is 5.00. The van der Waals surface area contributed by atoms with Crippen molar-refractivity contribution in [1.29, 1.82) is 0 Å². The van der Waals surface area contributed by atoms with Gasteiger partial charge in [-0.1, -0.05) is 37.1 Å².